The molecule has 1 aliphatic heterocycles. The van der Waals surface area contributed by atoms with Crippen LogP contribution in [0.4, 0.5) is 0 Å². The largest absolute Gasteiger partial charge is 0.492 e. The quantitative estimate of drug-likeness (QED) is 0.280. The number of pyridine rings is 1. The fraction of sp³-hybridized carbons (Fsp3) is 0.333. The Balaban J connectivity index is 1.48. The van der Waals surface area contributed by atoms with Gasteiger partial charge in [0.1, 0.15) is 12.4 Å². The highest BCUT2D eigenvalue weighted by atomic mass is 35.5. The third-order valence-corrected chi connectivity index (χ3v) is 7.50. The number of rotatable bonds is 8. The third-order valence-electron chi connectivity index (χ3n) is 7.19. The van der Waals surface area contributed by atoms with Gasteiger partial charge in [-0.15, -0.1) is 0 Å². The Morgan fingerprint density at radius 1 is 1.14 bits per heavy atom. The fourth-order valence-electron chi connectivity index (χ4n) is 5.14. The second-order valence-corrected chi connectivity index (χ2v) is 10.2. The van der Waals surface area contributed by atoms with E-state index >= 15 is 0 Å². The van der Waals surface area contributed by atoms with Gasteiger partial charge in [-0.1, -0.05) is 43.6 Å². The van der Waals surface area contributed by atoms with Crippen molar-refractivity contribution in [3.8, 4) is 5.75 Å². The van der Waals surface area contributed by atoms with E-state index in [-0.39, 0.29) is 0 Å². The van der Waals surface area contributed by atoms with Gasteiger partial charge < -0.3 is 4.74 Å². The molecule has 0 amide bonds. The first kappa shape index (κ1) is 24.5. The lowest BCUT2D eigenvalue weighted by Crippen LogP contribution is -2.35. The Bertz CT molecular complexity index is 1360. The van der Waals surface area contributed by atoms with Crippen molar-refractivity contribution in [2.75, 3.05) is 19.7 Å². The van der Waals surface area contributed by atoms with Crippen molar-refractivity contribution in [3.05, 3.63) is 88.8 Å². The summed E-state index contributed by atoms with van der Waals surface area (Å²) in [5.74, 6) is 1.67. The van der Waals surface area contributed by atoms with Crippen LogP contribution in [0.2, 0.25) is 5.02 Å². The molecule has 0 aliphatic carbocycles. The molecule has 0 saturated carbocycles. The Kier molecular flexibility index (Phi) is 7.40. The topological polar surface area (TPSA) is 54.0 Å². The van der Waals surface area contributed by atoms with Gasteiger partial charge >= 0.3 is 0 Å². The van der Waals surface area contributed by atoms with Gasteiger partial charge in [0.15, 0.2) is 0 Å². The normalized spacial score (nSPS) is 17.8. The van der Waals surface area contributed by atoms with Crippen LogP contribution in [0, 0.1) is 5.92 Å². The van der Waals surface area contributed by atoms with Crippen molar-refractivity contribution >= 4 is 33.7 Å². The molecule has 1 aliphatic rings. The molecular formula is C30H33ClN4O. The molecule has 0 spiro atoms. The number of nitrogens with one attached hydrogen (secondary N) is 1. The molecule has 5 rings (SSSR count). The summed E-state index contributed by atoms with van der Waals surface area (Å²) >= 11 is 6.62. The summed E-state index contributed by atoms with van der Waals surface area (Å²) in [6, 6.07) is 17.3. The van der Waals surface area contributed by atoms with Crippen LogP contribution >= 0.6 is 11.6 Å². The number of fused-ring (bicyclic) bond motifs is 1. The van der Waals surface area contributed by atoms with E-state index in [2.05, 4.69) is 83.3 Å². The second kappa shape index (κ2) is 10.9. The number of aromatic nitrogens is 3. The van der Waals surface area contributed by atoms with Gasteiger partial charge in [0.25, 0.3) is 0 Å². The summed E-state index contributed by atoms with van der Waals surface area (Å²) in [5.41, 5.74) is 6.60. The summed E-state index contributed by atoms with van der Waals surface area (Å²) in [7, 11) is 0. The van der Waals surface area contributed by atoms with Gasteiger partial charge in [0.05, 0.1) is 16.7 Å². The summed E-state index contributed by atoms with van der Waals surface area (Å²) in [6.45, 7) is 9.77. The molecule has 2 aromatic carbocycles. The highest BCUT2D eigenvalue weighted by molar-refractivity contribution is 6.32. The fourth-order valence-corrected chi connectivity index (χ4v) is 5.38. The first-order valence-corrected chi connectivity index (χ1v) is 13.1. The molecule has 2 aromatic heterocycles. The van der Waals surface area contributed by atoms with Gasteiger partial charge in [-0.25, -0.2) is 0 Å². The molecule has 0 unspecified atom stereocenters. The molecule has 1 fully saturated rings. The van der Waals surface area contributed by atoms with Crippen molar-refractivity contribution in [2.45, 2.75) is 39.7 Å². The van der Waals surface area contributed by atoms with E-state index < -0.39 is 0 Å². The molecule has 36 heavy (non-hydrogen) atoms. The van der Waals surface area contributed by atoms with Gasteiger partial charge in [0, 0.05) is 30.4 Å². The van der Waals surface area contributed by atoms with Crippen LogP contribution in [0.1, 0.15) is 50.3 Å². The molecule has 5 nitrogen and oxygen atoms in total. The zero-order valence-electron chi connectivity index (χ0n) is 21.2. The summed E-state index contributed by atoms with van der Waals surface area (Å²) in [6.07, 6.45) is 7.48. The van der Waals surface area contributed by atoms with Crippen molar-refractivity contribution in [3.63, 3.8) is 0 Å². The molecule has 2 atom stereocenters. The maximum Gasteiger partial charge on any atom is 0.119 e. The lowest BCUT2D eigenvalue weighted by Gasteiger charge is -2.24. The lowest BCUT2D eigenvalue weighted by molar-refractivity contribution is 0.169. The molecular weight excluding hydrogens is 468 g/mol. The minimum absolute atomic E-state index is 0.410. The minimum Gasteiger partial charge on any atom is -0.492 e. The first-order valence-electron chi connectivity index (χ1n) is 12.8. The molecule has 1 N–H and O–H groups in total. The van der Waals surface area contributed by atoms with Gasteiger partial charge in [0.2, 0.25) is 0 Å². The van der Waals surface area contributed by atoms with Crippen molar-refractivity contribution in [1.29, 1.82) is 0 Å². The number of ether oxygens (including phenoxy) is 1. The zero-order chi connectivity index (χ0) is 25.1. The number of hydrogen-bond acceptors (Lipinski definition) is 4. The zero-order valence-corrected chi connectivity index (χ0v) is 21.9. The van der Waals surface area contributed by atoms with Crippen LogP contribution in [-0.2, 0) is 0 Å². The molecule has 3 heterocycles. The van der Waals surface area contributed by atoms with Crippen molar-refractivity contribution in [1.82, 2.24) is 20.1 Å². The van der Waals surface area contributed by atoms with Crippen LogP contribution in [0.3, 0.4) is 0 Å². The number of aromatic amines is 1. The maximum atomic E-state index is 6.62. The number of allylic oxidation sites excluding steroid dienone is 1. The highest BCUT2D eigenvalue weighted by Gasteiger charge is 2.23. The van der Waals surface area contributed by atoms with E-state index in [1.54, 1.807) is 12.4 Å². The second-order valence-electron chi connectivity index (χ2n) is 9.81. The number of H-pyrrole nitrogens is 1. The average molecular weight is 501 g/mol. The highest BCUT2D eigenvalue weighted by Crippen LogP contribution is 2.38. The monoisotopic (exact) mass is 500 g/mol. The lowest BCUT2D eigenvalue weighted by atomic mass is 9.88. The van der Waals surface area contributed by atoms with E-state index in [0.717, 1.165) is 64.3 Å². The number of halogens is 1. The van der Waals surface area contributed by atoms with E-state index in [0.29, 0.717) is 17.7 Å². The Morgan fingerprint density at radius 2 is 1.94 bits per heavy atom. The Labute approximate surface area is 218 Å². The molecule has 0 bridgehead atoms. The summed E-state index contributed by atoms with van der Waals surface area (Å²) in [5, 5.41) is 8.98. The van der Waals surface area contributed by atoms with Crippen molar-refractivity contribution < 1.29 is 4.74 Å². The predicted octanol–water partition coefficient (Wildman–Crippen LogP) is 7.09. The number of benzene rings is 2. The van der Waals surface area contributed by atoms with Crippen LogP contribution in [0.5, 0.6) is 5.75 Å². The standard InChI is InChI=1S/C30H33ClN4O/c1-4-26(27-11-13-32-17-28(27)31)30(23-7-10-29-24(15-23)16-33-34-29)22-5-8-25(9-6-22)36-19-21(3)35-14-12-20(2)18-35/h5-11,13,15-17,20-21H,4,12,14,18-19H2,1-3H3,(H,33,34)/t20-,21+/m1/s1. The number of likely N-dealkylation sites (tertiary alicyclic amines) is 1. The Hall–Kier alpha value is -3.15. The molecule has 1 saturated heterocycles. The molecule has 186 valence electrons. The predicted molar refractivity (Wildman–Crippen MR) is 148 cm³/mol. The smallest absolute Gasteiger partial charge is 0.119 e. The first-order chi connectivity index (χ1) is 17.5. The average Bonchev–Trinajstić information content (AvgIpc) is 3.55. The van der Waals surface area contributed by atoms with E-state index in [1.807, 2.05) is 12.3 Å². The number of hydrogen-bond donors (Lipinski definition) is 1. The van der Waals surface area contributed by atoms with Gasteiger partial charge in [-0.2, -0.15) is 5.10 Å². The third kappa shape index (κ3) is 5.18. The van der Waals surface area contributed by atoms with Gasteiger partial charge in [-0.3, -0.25) is 15.0 Å². The van der Waals surface area contributed by atoms with Crippen molar-refractivity contribution in [2.24, 2.45) is 5.92 Å². The Morgan fingerprint density at radius 3 is 2.67 bits per heavy atom. The number of nitrogens with zero attached hydrogens (tertiary/aromatic N) is 3. The van der Waals surface area contributed by atoms with Gasteiger partial charge in [-0.05, 0) is 90.4 Å². The van der Waals surface area contributed by atoms with Crippen LogP contribution in [-0.4, -0.2) is 45.8 Å². The molecule has 6 heteroatoms. The summed E-state index contributed by atoms with van der Waals surface area (Å²) < 4.78 is 6.19. The van der Waals surface area contributed by atoms with E-state index in [4.69, 9.17) is 16.3 Å². The molecule has 4 aromatic rings. The van der Waals surface area contributed by atoms with E-state index in [9.17, 15) is 0 Å². The SMILES string of the molecule is CCC(=C(c1ccc(OC[C@H](C)N2CC[C@@H](C)C2)cc1)c1ccc2[nH]ncc2c1)c1ccncc1Cl. The van der Waals surface area contributed by atoms with Crippen LogP contribution in [0.15, 0.2) is 67.1 Å². The summed E-state index contributed by atoms with van der Waals surface area (Å²) in [4.78, 5) is 6.72. The molecule has 0 radical (unpaired) electrons. The minimum atomic E-state index is 0.410. The maximum absolute atomic E-state index is 6.62. The van der Waals surface area contributed by atoms with E-state index in [1.165, 1.54) is 12.0 Å². The van der Waals surface area contributed by atoms with Crippen LogP contribution in [0.25, 0.3) is 22.0 Å². The van der Waals surface area contributed by atoms with Crippen LogP contribution < -0.4 is 4.74 Å².